The molecule has 3 nitrogen and oxygen atoms in total. The molecule has 2 heterocycles. The highest BCUT2D eigenvalue weighted by atomic mass is 16.5. The van der Waals surface area contributed by atoms with Gasteiger partial charge in [-0.1, -0.05) is 30.3 Å². The summed E-state index contributed by atoms with van der Waals surface area (Å²) in [5, 5.41) is 0. The van der Waals surface area contributed by atoms with Crippen molar-refractivity contribution < 1.29 is 9.47 Å². The number of ether oxygens (including phenoxy) is 2. The van der Waals surface area contributed by atoms with Crippen LogP contribution in [-0.4, -0.2) is 29.6 Å². The van der Waals surface area contributed by atoms with E-state index < -0.39 is 0 Å². The summed E-state index contributed by atoms with van der Waals surface area (Å²) in [6.07, 6.45) is 5.07. The van der Waals surface area contributed by atoms with Crippen molar-refractivity contribution in [2.75, 3.05) is 6.54 Å². The summed E-state index contributed by atoms with van der Waals surface area (Å²) in [4.78, 5) is 2.63. The minimum atomic E-state index is 0.296. The molecule has 28 heavy (non-hydrogen) atoms. The Hall–Kier alpha value is -2.00. The zero-order chi connectivity index (χ0) is 19.7. The summed E-state index contributed by atoms with van der Waals surface area (Å²) in [5.41, 5.74) is 4.92. The largest absolute Gasteiger partial charge is 0.489 e. The zero-order valence-electron chi connectivity index (χ0n) is 17.7. The number of hydrogen-bond acceptors (Lipinski definition) is 3. The van der Waals surface area contributed by atoms with Gasteiger partial charge in [-0.25, -0.2) is 0 Å². The Balaban J connectivity index is 1.47. The van der Waals surface area contributed by atoms with E-state index in [0.29, 0.717) is 24.8 Å². The monoisotopic (exact) mass is 379 g/mol. The van der Waals surface area contributed by atoms with Gasteiger partial charge in [0.25, 0.3) is 0 Å². The van der Waals surface area contributed by atoms with Gasteiger partial charge in [-0.15, -0.1) is 0 Å². The normalized spacial score (nSPS) is 24.6. The third-order valence-corrected chi connectivity index (χ3v) is 6.68. The van der Waals surface area contributed by atoms with Gasteiger partial charge >= 0.3 is 0 Å². The van der Waals surface area contributed by atoms with Crippen molar-refractivity contribution in [1.29, 1.82) is 0 Å². The SMILES string of the molecule is Cc1c(OCc2ccccc2)cc2c(c1C)OC(CN1C(C)CC[C@@H]1C)CC2. The molecule has 2 aromatic rings. The number of aryl methyl sites for hydroxylation is 1. The summed E-state index contributed by atoms with van der Waals surface area (Å²) in [6.45, 7) is 10.7. The van der Waals surface area contributed by atoms with Crippen LogP contribution in [0.25, 0.3) is 0 Å². The van der Waals surface area contributed by atoms with Gasteiger partial charge in [0, 0.05) is 18.6 Å². The summed E-state index contributed by atoms with van der Waals surface area (Å²) in [6, 6.07) is 13.9. The molecule has 0 saturated carbocycles. The van der Waals surface area contributed by atoms with Crippen LogP contribution in [0.1, 0.15) is 55.4 Å². The molecule has 1 fully saturated rings. The number of benzene rings is 2. The highest BCUT2D eigenvalue weighted by molar-refractivity contribution is 5.53. The Kier molecular flexibility index (Phi) is 5.63. The van der Waals surface area contributed by atoms with E-state index in [0.717, 1.165) is 30.9 Å². The fourth-order valence-electron chi connectivity index (χ4n) is 4.68. The molecule has 0 radical (unpaired) electrons. The van der Waals surface area contributed by atoms with Crippen LogP contribution in [0.15, 0.2) is 36.4 Å². The van der Waals surface area contributed by atoms with Gasteiger partial charge in [0.2, 0.25) is 0 Å². The zero-order valence-corrected chi connectivity index (χ0v) is 17.7. The second-order valence-corrected chi connectivity index (χ2v) is 8.64. The molecule has 0 spiro atoms. The predicted octanol–water partition coefficient (Wildman–Crippen LogP) is 5.45. The second kappa shape index (κ2) is 8.16. The molecule has 4 rings (SSSR count). The average molecular weight is 380 g/mol. The van der Waals surface area contributed by atoms with Gasteiger partial charge < -0.3 is 9.47 Å². The first-order chi connectivity index (χ1) is 13.5. The van der Waals surface area contributed by atoms with E-state index in [2.05, 4.69) is 62.9 Å². The van der Waals surface area contributed by atoms with E-state index in [4.69, 9.17) is 9.47 Å². The maximum atomic E-state index is 6.52. The predicted molar refractivity (Wildman–Crippen MR) is 114 cm³/mol. The summed E-state index contributed by atoms with van der Waals surface area (Å²) >= 11 is 0. The maximum absolute atomic E-state index is 6.52. The van der Waals surface area contributed by atoms with Crippen LogP contribution in [0, 0.1) is 13.8 Å². The van der Waals surface area contributed by atoms with Gasteiger partial charge in [0.15, 0.2) is 0 Å². The lowest BCUT2D eigenvalue weighted by Gasteiger charge is -2.34. The molecule has 2 aliphatic heterocycles. The highest BCUT2D eigenvalue weighted by Gasteiger charge is 2.32. The van der Waals surface area contributed by atoms with E-state index in [1.807, 2.05) is 6.07 Å². The third kappa shape index (κ3) is 3.91. The molecule has 150 valence electrons. The Morgan fingerprint density at radius 1 is 1.00 bits per heavy atom. The minimum Gasteiger partial charge on any atom is -0.489 e. The number of fused-ring (bicyclic) bond motifs is 1. The van der Waals surface area contributed by atoms with Gasteiger partial charge in [-0.05, 0) is 81.7 Å². The Morgan fingerprint density at radius 2 is 1.71 bits per heavy atom. The van der Waals surface area contributed by atoms with E-state index in [-0.39, 0.29) is 0 Å². The van der Waals surface area contributed by atoms with Crippen molar-refractivity contribution in [3.63, 3.8) is 0 Å². The van der Waals surface area contributed by atoms with Crippen molar-refractivity contribution in [2.24, 2.45) is 0 Å². The molecular formula is C25H33NO2. The smallest absolute Gasteiger partial charge is 0.126 e. The molecule has 0 aromatic heterocycles. The molecule has 2 aromatic carbocycles. The van der Waals surface area contributed by atoms with Crippen molar-refractivity contribution in [2.45, 2.75) is 78.2 Å². The number of hydrogen-bond donors (Lipinski definition) is 0. The Labute approximate surface area is 169 Å². The van der Waals surface area contributed by atoms with E-state index in [1.54, 1.807) is 0 Å². The fraction of sp³-hybridized carbons (Fsp3) is 0.520. The van der Waals surface area contributed by atoms with Gasteiger partial charge in [-0.2, -0.15) is 0 Å². The molecular weight excluding hydrogens is 346 g/mol. The molecule has 3 heteroatoms. The van der Waals surface area contributed by atoms with E-state index in [1.165, 1.54) is 35.1 Å². The summed E-state index contributed by atoms with van der Waals surface area (Å²) in [7, 11) is 0. The number of likely N-dealkylation sites (tertiary alicyclic amines) is 1. The molecule has 2 unspecified atom stereocenters. The standard InChI is InChI=1S/C25H33NO2/c1-17-10-11-18(2)26(17)15-23-13-12-22-14-24(19(3)20(4)25(22)28-23)27-16-21-8-6-5-7-9-21/h5-9,14,17-18,23H,10-13,15-16H2,1-4H3/t17-,18?,23?/m0/s1. The molecule has 0 aliphatic carbocycles. The maximum Gasteiger partial charge on any atom is 0.126 e. The van der Waals surface area contributed by atoms with E-state index in [9.17, 15) is 0 Å². The molecule has 0 amide bonds. The third-order valence-electron chi connectivity index (χ3n) is 6.68. The first-order valence-electron chi connectivity index (χ1n) is 10.7. The van der Waals surface area contributed by atoms with Crippen molar-refractivity contribution >= 4 is 0 Å². The first kappa shape index (κ1) is 19.3. The van der Waals surface area contributed by atoms with Crippen molar-refractivity contribution in [3.05, 3.63) is 58.7 Å². The first-order valence-corrected chi connectivity index (χ1v) is 10.7. The number of nitrogens with zero attached hydrogens (tertiary/aromatic N) is 1. The lowest BCUT2D eigenvalue weighted by molar-refractivity contribution is 0.0924. The molecule has 0 N–H and O–H groups in total. The van der Waals surface area contributed by atoms with Gasteiger partial charge in [0.1, 0.15) is 24.2 Å². The number of rotatable bonds is 5. The Morgan fingerprint density at radius 3 is 2.43 bits per heavy atom. The van der Waals surface area contributed by atoms with Crippen LogP contribution in [0.5, 0.6) is 11.5 Å². The summed E-state index contributed by atoms with van der Waals surface area (Å²) in [5.74, 6) is 2.09. The van der Waals surface area contributed by atoms with Crippen LogP contribution < -0.4 is 9.47 Å². The van der Waals surface area contributed by atoms with Crippen molar-refractivity contribution in [1.82, 2.24) is 4.90 Å². The topological polar surface area (TPSA) is 21.7 Å². The fourth-order valence-corrected chi connectivity index (χ4v) is 4.68. The van der Waals surface area contributed by atoms with Gasteiger partial charge in [-0.3, -0.25) is 4.90 Å². The molecule has 1 saturated heterocycles. The quantitative estimate of drug-likeness (QED) is 0.689. The minimum absolute atomic E-state index is 0.296. The van der Waals surface area contributed by atoms with Crippen molar-refractivity contribution in [3.8, 4) is 11.5 Å². The van der Waals surface area contributed by atoms with Crippen LogP contribution in [0.3, 0.4) is 0 Å². The molecule has 2 aliphatic rings. The highest BCUT2D eigenvalue weighted by Crippen LogP contribution is 2.38. The summed E-state index contributed by atoms with van der Waals surface area (Å²) < 4.78 is 12.7. The lowest BCUT2D eigenvalue weighted by Crippen LogP contribution is -2.42. The molecule has 3 atom stereocenters. The molecule has 0 bridgehead atoms. The Bertz CT molecular complexity index is 807. The second-order valence-electron chi connectivity index (χ2n) is 8.64. The van der Waals surface area contributed by atoms with Crippen LogP contribution in [0.2, 0.25) is 0 Å². The van der Waals surface area contributed by atoms with Crippen LogP contribution in [-0.2, 0) is 13.0 Å². The van der Waals surface area contributed by atoms with Crippen LogP contribution >= 0.6 is 0 Å². The van der Waals surface area contributed by atoms with E-state index >= 15 is 0 Å². The van der Waals surface area contributed by atoms with Gasteiger partial charge in [0.05, 0.1) is 0 Å². The van der Waals surface area contributed by atoms with Crippen LogP contribution in [0.4, 0.5) is 0 Å². The lowest BCUT2D eigenvalue weighted by atomic mass is 9.95. The average Bonchev–Trinajstić information content (AvgIpc) is 3.03.